The Balaban J connectivity index is -0.0000000533. The Hall–Kier alpha value is 4.15. The summed E-state index contributed by atoms with van der Waals surface area (Å²) in [5.41, 5.74) is 0. The van der Waals surface area contributed by atoms with Crippen LogP contribution in [-0.4, -0.2) is 147 Å². The summed E-state index contributed by atoms with van der Waals surface area (Å²) in [6.45, 7) is 0. The predicted octanol–water partition coefficient (Wildman–Crippen LogP) is -4.49. The molecular formula is H13Ca3O11P3. The molecule has 0 spiro atoms. The van der Waals surface area contributed by atoms with Crippen molar-refractivity contribution in [3.05, 3.63) is 0 Å². The number of rotatable bonds is 2. The van der Waals surface area contributed by atoms with Crippen molar-refractivity contribution in [1.29, 1.82) is 0 Å². The molecular weight excluding hydrogens is 389 g/mol. The Morgan fingerprint density at radius 3 is 0.706 bits per heavy atom. The third-order valence-corrected chi connectivity index (χ3v) is 1.91. The second kappa shape index (κ2) is 13.8. The van der Waals surface area contributed by atoms with Crippen molar-refractivity contribution in [2.24, 2.45) is 0 Å². The normalized spacial score (nSPS) is 10.8. The van der Waals surface area contributed by atoms with E-state index in [1.165, 1.54) is 0 Å². The van der Waals surface area contributed by atoms with Crippen LogP contribution in [0.15, 0.2) is 0 Å². The molecule has 0 atom stereocenters. The van der Waals surface area contributed by atoms with Crippen LogP contribution in [-0.2, 0) is 18.0 Å². The van der Waals surface area contributed by atoms with E-state index in [-0.39, 0.29) is 113 Å². The summed E-state index contributed by atoms with van der Waals surface area (Å²) in [6.07, 6.45) is 0. The van der Waals surface area contributed by atoms with Crippen LogP contribution in [0.3, 0.4) is 0 Å². The first-order valence-corrected chi connectivity index (χ1v) is 6.94. The number of phosphoric acid groups is 3. The maximum absolute atomic E-state index is 9.63. The van der Waals surface area contributed by atoms with Crippen LogP contribution in [0.5, 0.6) is 0 Å². The first-order valence-electron chi connectivity index (χ1n) is 2.31. The van der Waals surface area contributed by atoms with Gasteiger partial charge in [0.25, 0.3) is 0 Å². The van der Waals surface area contributed by atoms with Gasteiger partial charge in [0.15, 0.2) is 0 Å². The molecule has 17 heteroatoms. The molecule has 0 aliphatic rings. The fraction of sp³-hybridized carbons (Fsp3) is 0. The van der Waals surface area contributed by atoms with Crippen LogP contribution < -0.4 is 0 Å². The Labute approximate surface area is 185 Å². The van der Waals surface area contributed by atoms with Gasteiger partial charge in [-0.2, -0.15) is 4.31 Å². The quantitative estimate of drug-likeness (QED) is 0.173. The van der Waals surface area contributed by atoms with Gasteiger partial charge in [0.2, 0.25) is 0 Å². The molecule has 0 aliphatic carbocycles. The van der Waals surface area contributed by atoms with Gasteiger partial charge in [0.1, 0.15) is 0 Å². The van der Waals surface area contributed by atoms with Gasteiger partial charge in [-0.3, -0.25) is 0 Å². The zero-order valence-electron chi connectivity index (χ0n) is 6.11. The van der Waals surface area contributed by atoms with Crippen LogP contribution in [0.4, 0.5) is 0 Å². The summed E-state index contributed by atoms with van der Waals surface area (Å²) in [5.74, 6) is 0. The van der Waals surface area contributed by atoms with Gasteiger partial charge >= 0.3 is 137 Å². The van der Waals surface area contributed by atoms with Gasteiger partial charge in [-0.15, -0.1) is 0 Å². The van der Waals surface area contributed by atoms with Crippen molar-refractivity contribution in [3.8, 4) is 0 Å². The Bertz CT molecular complexity index is 265. The Morgan fingerprint density at radius 1 is 0.588 bits per heavy atom. The van der Waals surface area contributed by atoms with Crippen molar-refractivity contribution >= 4 is 137 Å². The Morgan fingerprint density at radius 2 is 0.706 bits per heavy atom. The molecule has 0 aliphatic heterocycles. The number of hydrogen-bond acceptors (Lipinski definition) is 4. The van der Waals surface area contributed by atoms with Crippen molar-refractivity contribution in [2.75, 3.05) is 0 Å². The molecule has 0 fully saturated rings. The first kappa shape index (κ1) is 32.9. The Kier molecular flexibility index (Phi) is 26.7. The van der Waals surface area contributed by atoms with Crippen LogP contribution in [0.1, 0.15) is 0 Å². The molecule has 0 unspecified atom stereocenters. The van der Waals surface area contributed by atoms with E-state index >= 15 is 0 Å². The van der Waals surface area contributed by atoms with Crippen LogP contribution in [0, 0.1) is 0 Å². The molecule has 0 radical (unpaired) electrons. The first-order chi connectivity index (χ1) is 5.71. The van der Waals surface area contributed by atoms with Gasteiger partial charge in [0.05, 0.1) is 0 Å². The monoisotopic (exact) mass is 402 g/mol. The third-order valence-electron chi connectivity index (χ3n) is 0.213. The maximum atomic E-state index is 9.63. The third kappa shape index (κ3) is 64.4. The van der Waals surface area contributed by atoms with Gasteiger partial charge in [-0.25, -0.2) is 13.7 Å². The molecule has 0 heterocycles. The predicted molar refractivity (Wildman–Crippen MR) is 65.1 cm³/mol. The zero-order chi connectivity index (χ0) is 12.2. The minimum absolute atomic E-state index is 0. The van der Waals surface area contributed by atoms with E-state index < -0.39 is 23.5 Å². The molecule has 7 N–H and O–H groups in total. The van der Waals surface area contributed by atoms with Crippen molar-refractivity contribution < 1.29 is 52.3 Å². The summed E-state index contributed by atoms with van der Waals surface area (Å²) in [6, 6.07) is 0. The second-order valence-corrected chi connectivity index (χ2v) is 5.22. The standard InChI is InChI=1S/3Ca.H4O7P2.H3O4P.6H/c;;;1-8(2,3)7-9(4,5)6;1-5(2,3)4;;;;;;/h;;;(H2,1,2,3)(H2,4,5,6);(H3,1,2,3,4);;;;;;. The molecule has 11 nitrogen and oxygen atoms in total. The van der Waals surface area contributed by atoms with Crippen LogP contribution >= 0.6 is 23.5 Å². The summed E-state index contributed by atoms with van der Waals surface area (Å²) in [7, 11) is -14.7. The van der Waals surface area contributed by atoms with Crippen molar-refractivity contribution in [3.63, 3.8) is 0 Å². The summed E-state index contributed by atoms with van der Waals surface area (Å²) in [4.78, 5) is 52.6. The van der Waals surface area contributed by atoms with Gasteiger partial charge in [-0.05, 0) is 0 Å². The second-order valence-electron chi connectivity index (χ2n) is 1.58. The van der Waals surface area contributed by atoms with Crippen LogP contribution in [0.25, 0.3) is 0 Å². The van der Waals surface area contributed by atoms with E-state index in [4.69, 9.17) is 38.8 Å². The molecule has 0 aromatic heterocycles. The fourth-order valence-electron chi connectivity index (χ4n) is 0.139. The molecule has 0 amide bonds. The summed E-state index contributed by atoms with van der Waals surface area (Å²) < 4.78 is 31.1. The van der Waals surface area contributed by atoms with E-state index in [9.17, 15) is 9.13 Å². The molecule has 0 aromatic rings. The molecule has 0 saturated heterocycles. The molecule has 0 aromatic carbocycles. The average Bonchev–Trinajstić information content (AvgIpc) is 1.42. The molecule has 0 saturated carbocycles. The molecule has 0 rings (SSSR count). The number of hydrogen-bond donors (Lipinski definition) is 7. The average molecular weight is 402 g/mol. The van der Waals surface area contributed by atoms with E-state index in [1.54, 1.807) is 0 Å². The van der Waals surface area contributed by atoms with E-state index in [0.717, 1.165) is 0 Å². The molecule has 100 valence electrons. The summed E-state index contributed by atoms with van der Waals surface area (Å²) >= 11 is 0. The SMILES string of the molecule is O=P(O)(O)O.O=P(O)(O)OP(=O)(O)O.[CaH2].[CaH2].[CaH2]. The van der Waals surface area contributed by atoms with Gasteiger partial charge < -0.3 is 34.3 Å². The van der Waals surface area contributed by atoms with Gasteiger partial charge in [0, 0.05) is 0 Å². The van der Waals surface area contributed by atoms with E-state index in [2.05, 4.69) is 4.31 Å². The topological polar surface area (TPSA) is 202 Å². The van der Waals surface area contributed by atoms with Gasteiger partial charge in [-0.1, -0.05) is 0 Å². The summed E-state index contributed by atoms with van der Waals surface area (Å²) in [5, 5.41) is 0. The minimum atomic E-state index is -5.05. The van der Waals surface area contributed by atoms with E-state index in [1.807, 2.05) is 0 Å². The fourth-order valence-corrected chi connectivity index (χ4v) is 1.25. The van der Waals surface area contributed by atoms with Crippen molar-refractivity contribution in [2.45, 2.75) is 0 Å². The molecule has 17 heavy (non-hydrogen) atoms. The zero-order valence-corrected chi connectivity index (χ0v) is 8.79. The molecule has 0 bridgehead atoms. The van der Waals surface area contributed by atoms with Crippen molar-refractivity contribution in [1.82, 2.24) is 0 Å². The van der Waals surface area contributed by atoms with Crippen LogP contribution in [0.2, 0.25) is 0 Å². The van der Waals surface area contributed by atoms with E-state index in [0.29, 0.717) is 0 Å².